The summed E-state index contributed by atoms with van der Waals surface area (Å²) < 4.78 is 5.08. The normalized spacial score (nSPS) is 15.5. The molecule has 1 aliphatic rings. The Morgan fingerprint density at radius 3 is 2.27 bits per heavy atom. The molecule has 7 heteroatoms. The molecule has 0 aromatic carbocycles. The highest BCUT2D eigenvalue weighted by atomic mass is 16.6. The summed E-state index contributed by atoms with van der Waals surface area (Å²) in [4.78, 5) is 34.8. The van der Waals surface area contributed by atoms with E-state index in [1.54, 1.807) is 26.8 Å². The van der Waals surface area contributed by atoms with Crippen molar-refractivity contribution in [3.63, 3.8) is 0 Å². The zero-order valence-electron chi connectivity index (χ0n) is 16.2. The van der Waals surface area contributed by atoms with Gasteiger partial charge in [0.15, 0.2) is 0 Å². The lowest BCUT2D eigenvalue weighted by Gasteiger charge is -2.19. The van der Waals surface area contributed by atoms with E-state index in [4.69, 9.17) is 4.74 Å². The van der Waals surface area contributed by atoms with Gasteiger partial charge < -0.3 is 20.7 Å². The first kappa shape index (κ1) is 22.0. The van der Waals surface area contributed by atoms with Gasteiger partial charge in [-0.05, 0) is 45.6 Å². The predicted octanol–water partition coefficient (Wildman–Crippen LogP) is 2.27. The average Bonchev–Trinajstić information content (AvgIpc) is 2.56. The van der Waals surface area contributed by atoms with Gasteiger partial charge in [0.2, 0.25) is 11.8 Å². The second-order valence-electron chi connectivity index (χ2n) is 7.58. The van der Waals surface area contributed by atoms with Crippen molar-refractivity contribution in [3.8, 4) is 0 Å². The lowest BCUT2D eigenvalue weighted by molar-refractivity contribution is -0.121. The highest BCUT2D eigenvalue weighted by Crippen LogP contribution is 2.24. The molecular weight excluding hydrogens is 334 g/mol. The van der Waals surface area contributed by atoms with Crippen molar-refractivity contribution in [2.75, 3.05) is 19.6 Å². The number of rotatable bonds is 8. The Kier molecular flexibility index (Phi) is 9.76. The molecule has 0 aromatic heterocycles. The minimum Gasteiger partial charge on any atom is -0.444 e. The van der Waals surface area contributed by atoms with Gasteiger partial charge in [-0.3, -0.25) is 9.59 Å². The highest BCUT2D eigenvalue weighted by molar-refractivity contribution is 5.87. The number of hydrogen-bond acceptors (Lipinski definition) is 4. The largest absolute Gasteiger partial charge is 0.444 e. The van der Waals surface area contributed by atoms with E-state index in [0.29, 0.717) is 19.0 Å². The van der Waals surface area contributed by atoms with Gasteiger partial charge in [0.1, 0.15) is 5.60 Å². The minimum absolute atomic E-state index is 0.128. The van der Waals surface area contributed by atoms with E-state index < -0.39 is 11.7 Å². The number of ether oxygens (including phenoxy) is 1. The van der Waals surface area contributed by atoms with Gasteiger partial charge in [-0.1, -0.05) is 25.3 Å². The summed E-state index contributed by atoms with van der Waals surface area (Å²) in [5, 5.41) is 7.97. The highest BCUT2D eigenvalue weighted by Gasteiger charge is 2.15. The molecule has 0 saturated heterocycles. The van der Waals surface area contributed by atoms with Crippen LogP contribution in [0.1, 0.15) is 59.3 Å². The monoisotopic (exact) mass is 367 g/mol. The Labute approximate surface area is 156 Å². The van der Waals surface area contributed by atoms with Gasteiger partial charge in [0.05, 0.1) is 0 Å². The standard InChI is InChI=1S/C19H33N3O4/c1-19(2,3)26-18(25)22-12-11-17(24)21-14-13-20-16(23)10-9-15-7-5-4-6-8-15/h9-10,15H,4-8,11-14H2,1-3H3,(H,20,23)(H,21,24)(H,22,25)/b10-9+. The van der Waals surface area contributed by atoms with Crippen molar-refractivity contribution in [3.05, 3.63) is 12.2 Å². The van der Waals surface area contributed by atoms with E-state index in [2.05, 4.69) is 16.0 Å². The van der Waals surface area contributed by atoms with Crippen LogP contribution < -0.4 is 16.0 Å². The van der Waals surface area contributed by atoms with Crippen molar-refractivity contribution < 1.29 is 19.1 Å². The molecule has 1 fully saturated rings. The topological polar surface area (TPSA) is 96.5 Å². The van der Waals surface area contributed by atoms with Crippen molar-refractivity contribution in [1.29, 1.82) is 0 Å². The molecule has 1 saturated carbocycles. The van der Waals surface area contributed by atoms with Crippen LogP contribution in [0.25, 0.3) is 0 Å². The van der Waals surface area contributed by atoms with E-state index in [1.807, 2.05) is 6.08 Å². The maximum Gasteiger partial charge on any atom is 0.407 e. The minimum atomic E-state index is -0.560. The summed E-state index contributed by atoms with van der Waals surface area (Å²) in [5.41, 5.74) is -0.560. The molecule has 0 bridgehead atoms. The summed E-state index contributed by atoms with van der Waals surface area (Å²) in [7, 11) is 0. The Balaban J connectivity index is 2.04. The second-order valence-corrected chi connectivity index (χ2v) is 7.58. The number of carbonyl (C=O) groups excluding carboxylic acids is 3. The third-order valence-corrected chi connectivity index (χ3v) is 3.94. The first-order chi connectivity index (χ1) is 12.3. The SMILES string of the molecule is CC(C)(C)OC(=O)NCCC(=O)NCCNC(=O)/C=C/C1CCCCC1. The number of allylic oxidation sites excluding steroid dienone is 1. The van der Waals surface area contributed by atoms with Gasteiger partial charge in [-0.15, -0.1) is 0 Å². The van der Waals surface area contributed by atoms with E-state index >= 15 is 0 Å². The fourth-order valence-electron chi connectivity index (χ4n) is 2.68. The molecule has 0 aromatic rings. The van der Waals surface area contributed by atoms with E-state index in [-0.39, 0.29) is 24.8 Å². The third-order valence-electron chi connectivity index (χ3n) is 3.94. The zero-order valence-corrected chi connectivity index (χ0v) is 16.2. The van der Waals surface area contributed by atoms with Gasteiger partial charge in [0.25, 0.3) is 0 Å². The van der Waals surface area contributed by atoms with Crippen LogP contribution in [0.15, 0.2) is 12.2 Å². The lowest BCUT2D eigenvalue weighted by Crippen LogP contribution is -2.37. The lowest BCUT2D eigenvalue weighted by atomic mass is 9.89. The molecule has 0 atom stereocenters. The summed E-state index contributed by atoms with van der Waals surface area (Å²) >= 11 is 0. The number of nitrogens with one attached hydrogen (secondary N) is 3. The first-order valence-electron chi connectivity index (χ1n) is 9.46. The predicted molar refractivity (Wildman–Crippen MR) is 101 cm³/mol. The van der Waals surface area contributed by atoms with E-state index in [9.17, 15) is 14.4 Å². The van der Waals surface area contributed by atoms with Gasteiger partial charge >= 0.3 is 6.09 Å². The maximum absolute atomic E-state index is 11.7. The van der Waals surface area contributed by atoms with Gasteiger partial charge in [-0.25, -0.2) is 4.79 Å². The zero-order chi connectivity index (χ0) is 19.4. The molecule has 0 spiro atoms. The van der Waals surface area contributed by atoms with Crippen molar-refractivity contribution in [2.24, 2.45) is 5.92 Å². The number of amides is 3. The van der Waals surface area contributed by atoms with Crippen molar-refractivity contribution >= 4 is 17.9 Å². The molecular formula is C19H33N3O4. The molecule has 3 N–H and O–H groups in total. The Hall–Kier alpha value is -2.05. The van der Waals surface area contributed by atoms with Gasteiger partial charge in [0, 0.05) is 26.1 Å². The van der Waals surface area contributed by atoms with Crippen molar-refractivity contribution in [1.82, 2.24) is 16.0 Å². The van der Waals surface area contributed by atoms with Crippen LogP contribution in [0.3, 0.4) is 0 Å². The Morgan fingerprint density at radius 1 is 0.962 bits per heavy atom. The summed E-state index contributed by atoms with van der Waals surface area (Å²) in [6.45, 7) is 6.26. The average molecular weight is 367 g/mol. The number of hydrogen-bond donors (Lipinski definition) is 3. The van der Waals surface area contributed by atoms with Crippen LogP contribution in [-0.2, 0) is 14.3 Å². The first-order valence-corrected chi connectivity index (χ1v) is 9.46. The second kappa shape index (κ2) is 11.5. The third kappa shape index (κ3) is 11.5. The molecule has 0 heterocycles. The van der Waals surface area contributed by atoms with E-state index in [0.717, 1.165) is 12.8 Å². The fourth-order valence-corrected chi connectivity index (χ4v) is 2.68. The van der Waals surface area contributed by atoms with E-state index in [1.165, 1.54) is 19.3 Å². The molecule has 3 amide bonds. The summed E-state index contributed by atoms with van der Waals surface area (Å²) in [6.07, 6.45) is 9.32. The van der Waals surface area contributed by atoms with Crippen LogP contribution >= 0.6 is 0 Å². The fraction of sp³-hybridized carbons (Fsp3) is 0.737. The molecule has 26 heavy (non-hydrogen) atoms. The molecule has 0 radical (unpaired) electrons. The molecule has 148 valence electrons. The molecule has 1 rings (SSSR count). The van der Waals surface area contributed by atoms with Gasteiger partial charge in [-0.2, -0.15) is 0 Å². The Bertz CT molecular complexity index is 492. The molecule has 7 nitrogen and oxygen atoms in total. The summed E-state index contributed by atoms with van der Waals surface area (Å²) in [6, 6.07) is 0. The summed E-state index contributed by atoms with van der Waals surface area (Å²) in [5.74, 6) is 0.205. The van der Waals surface area contributed by atoms with Crippen LogP contribution in [0.2, 0.25) is 0 Å². The van der Waals surface area contributed by atoms with Crippen molar-refractivity contribution in [2.45, 2.75) is 64.9 Å². The van der Waals surface area contributed by atoms with Crippen LogP contribution in [0.5, 0.6) is 0 Å². The maximum atomic E-state index is 11.7. The van der Waals surface area contributed by atoms with Crippen LogP contribution in [0.4, 0.5) is 4.79 Å². The van der Waals surface area contributed by atoms with Crippen LogP contribution in [-0.4, -0.2) is 43.1 Å². The smallest absolute Gasteiger partial charge is 0.407 e. The number of alkyl carbamates (subject to hydrolysis) is 1. The Morgan fingerprint density at radius 2 is 1.62 bits per heavy atom. The molecule has 1 aliphatic carbocycles. The molecule has 0 aliphatic heterocycles. The number of carbonyl (C=O) groups is 3. The molecule has 0 unspecified atom stereocenters. The van der Waals surface area contributed by atoms with Crippen LogP contribution in [0, 0.1) is 5.92 Å². The quantitative estimate of drug-likeness (QED) is 0.453.